The van der Waals surface area contributed by atoms with Crippen molar-refractivity contribution in [1.82, 2.24) is 0 Å². The van der Waals surface area contributed by atoms with Gasteiger partial charge in [0.25, 0.3) is 0 Å². The molecule has 26 heavy (non-hydrogen) atoms. The van der Waals surface area contributed by atoms with Crippen LogP contribution < -0.4 is 0 Å². The molecule has 0 aliphatic heterocycles. The van der Waals surface area contributed by atoms with Gasteiger partial charge in [0.2, 0.25) is 0 Å². The van der Waals surface area contributed by atoms with Gasteiger partial charge in [-0.3, -0.25) is 0 Å². The summed E-state index contributed by atoms with van der Waals surface area (Å²) in [5.41, 5.74) is 2.19. The fourth-order valence-corrected chi connectivity index (χ4v) is 1.12. The van der Waals surface area contributed by atoms with E-state index in [4.69, 9.17) is 0 Å². The maximum Gasteiger partial charge on any atom is -0.144 e. The van der Waals surface area contributed by atoms with E-state index in [1.165, 1.54) is 0 Å². The summed E-state index contributed by atoms with van der Waals surface area (Å²) in [7, 11) is 4.93. The van der Waals surface area contributed by atoms with Crippen LogP contribution in [0.15, 0.2) is 48.5 Å². The Bertz CT molecular complexity index is 417. The van der Waals surface area contributed by atoms with E-state index in [1.54, 1.807) is 0 Å². The summed E-state index contributed by atoms with van der Waals surface area (Å²) >= 11 is 1.82. The van der Waals surface area contributed by atoms with E-state index in [1.807, 2.05) is 65.8 Å². The van der Waals surface area contributed by atoms with Crippen molar-refractivity contribution >= 4 is 33.5 Å². The first kappa shape index (κ1) is 31.3. The molecule has 149 valence electrons. The van der Waals surface area contributed by atoms with Gasteiger partial charge >= 0.3 is 27.0 Å². The van der Waals surface area contributed by atoms with Gasteiger partial charge in [-0.05, 0) is 23.8 Å². The molecular weight excluding hydrogens is 482 g/mol. The van der Waals surface area contributed by atoms with E-state index in [9.17, 15) is 0 Å². The van der Waals surface area contributed by atoms with Crippen LogP contribution in [0.5, 0.6) is 0 Å². The summed E-state index contributed by atoms with van der Waals surface area (Å²) in [6.45, 7) is 20.4. The molecule has 0 fully saturated rings. The second-order valence-corrected chi connectivity index (χ2v) is 16.1. The monoisotopic (exact) mass is 520 g/mol. The van der Waals surface area contributed by atoms with Gasteiger partial charge in [0.1, 0.15) is 0 Å². The minimum atomic E-state index is 0.120. The molecule has 0 unspecified atom stereocenters. The molecule has 2 aromatic carbocycles. The Morgan fingerprint density at radius 2 is 0.808 bits per heavy atom. The van der Waals surface area contributed by atoms with Crippen molar-refractivity contribution in [2.75, 3.05) is 60.0 Å². The van der Waals surface area contributed by atoms with Gasteiger partial charge in [-0.2, -0.15) is 48.5 Å². The van der Waals surface area contributed by atoms with Crippen molar-refractivity contribution in [2.24, 2.45) is 0 Å². The van der Waals surface area contributed by atoms with Crippen LogP contribution in [-0.2, 0) is 17.3 Å². The zero-order valence-corrected chi connectivity index (χ0v) is 23.3. The largest absolute Gasteiger partial charge is 0.226 e. The van der Waals surface area contributed by atoms with E-state index in [0.717, 1.165) is 11.1 Å². The molecule has 0 nitrogen and oxygen atoms in total. The smallest absolute Gasteiger partial charge is 0.144 e. The summed E-state index contributed by atoms with van der Waals surface area (Å²) in [5.74, 6) is 0. The van der Waals surface area contributed by atoms with Gasteiger partial charge in [0.15, 0.2) is 0 Å². The molecule has 0 heterocycles. The molecule has 0 aliphatic rings. The van der Waals surface area contributed by atoms with E-state index < -0.39 is 0 Å². The van der Waals surface area contributed by atoms with Crippen LogP contribution in [-0.4, -0.2) is 60.0 Å². The minimum Gasteiger partial charge on any atom is -0.226 e. The minimum absolute atomic E-state index is 0.120. The van der Waals surface area contributed by atoms with Crippen LogP contribution in [0.2, 0.25) is 0 Å². The van der Waals surface area contributed by atoms with Crippen LogP contribution in [0, 0.1) is 12.1 Å². The van der Waals surface area contributed by atoms with E-state index in [0.29, 0.717) is 0 Å². The first-order chi connectivity index (χ1) is 12.2. The second-order valence-electron chi connectivity index (χ2n) is 7.05. The van der Waals surface area contributed by atoms with E-state index in [-0.39, 0.29) is 23.8 Å². The van der Waals surface area contributed by atoms with Gasteiger partial charge in [-0.25, -0.2) is 11.1 Å². The fourth-order valence-electron chi connectivity index (χ4n) is 1.12. The molecule has 0 radical (unpaired) electrons. The summed E-state index contributed by atoms with van der Waals surface area (Å²) in [4.78, 5) is 0. The zero-order chi connectivity index (χ0) is 21.0. The third kappa shape index (κ3) is 32.3. The first-order valence-corrected chi connectivity index (χ1v) is 19.8. The number of hydrogen-bond donors (Lipinski definition) is 0. The molecule has 2 rings (SSSR count). The number of halogens is 1. The van der Waals surface area contributed by atoms with Crippen LogP contribution in [0.4, 0.5) is 0 Å². The Morgan fingerprint density at radius 3 is 0.962 bits per heavy atom. The summed E-state index contributed by atoms with van der Waals surface area (Å²) in [6, 6.07) is 22.1. The van der Waals surface area contributed by atoms with Crippen molar-refractivity contribution in [3.05, 3.63) is 60.7 Å². The molecular formula is C21H38ClP3Ru+3. The SMILES string of the molecule is C[PH+](C)C.C[PH+](C)C.C[PH+](C)C.[Cl][Ru+2].[c-]1ccccc1-c1[c-]cccc1. The summed E-state index contributed by atoms with van der Waals surface area (Å²) in [5, 5.41) is 0. The van der Waals surface area contributed by atoms with Crippen LogP contribution in [0.3, 0.4) is 0 Å². The Balaban J connectivity index is -0.000000317. The number of hydrogen-bond acceptors (Lipinski definition) is 0. The topological polar surface area (TPSA) is 0 Å². The maximum absolute atomic E-state index is 4.57. The molecule has 0 atom stereocenters. The van der Waals surface area contributed by atoms with Crippen molar-refractivity contribution in [3.8, 4) is 11.1 Å². The normalized spacial score (nSPS) is 8.81. The van der Waals surface area contributed by atoms with Crippen molar-refractivity contribution in [2.45, 2.75) is 0 Å². The van der Waals surface area contributed by atoms with Crippen molar-refractivity contribution < 1.29 is 17.3 Å². The molecule has 0 spiro atoms. The Morgan fingerprint density at radius 1 is 0.577 bits per heavy atom. The van der Waals surface area contributed by atoms with E-state index >= 15 is 0 Å². The Hall–Kier alpha value is 0.643. The summed E-state index contributed by atoms with van der Waals surface area (Å²) in [6.07, 6.45) is 0. The van der Waals surface area contributed by atoms with Gasteiger partial charge in [0.05, 0.1) is 0 Å². The molecule has 0 aromatic heterocycles. The van der Waals surface area contributed by atoms with Gasteiger partial charge in [-0.15, -0.1) is 12.1 Å². The van der Waals surface area contributed by atoms with Crippen LogP contribution in [0.25, 0.3) is 11.1 Å². The van der Waals surface area contributed by atoms with Gasteiger partial charge in [0, 0.05) is 60.0 Å². The van der Waals surface area contributed by atoms with Crippen molar-refractivity contribution in [3.63, 3.8) is 0 Å². The van der Waals surface area contributed by atoms with Crippen LogP contribution in [0.1, 0.15) is 0 Å². The number of rotatable bonds is 1. The first-order valence-electron chi connectivity index (χ1n) is 8.54. The fraction of sp³-hybridized carbons (Fsp3) is 0.429. The van der Waals surface area contributed by atoms with Crippen molar-refractivity contribution in [1.29, 1.82) is 0 Å². The third-order valence-electron chi connectivity index (χ3n) is 1.71. The third-order valence-corrected chi connectivity index (χ3v) is 1.71. The number of benzene rings is 2. The predicted molar refractivity (Wildman–Crippen MR) is 134 cm³/mol. The standard InChI is InChI=1S/C12H8.3C3H9P.ClH.Ru/c1-3-7-11(8-4-1)12-9-5-2-6-10-12;3*1-4(2)3;;/h1-7,9H;3*1-3H3;1H;/q-2;;;;;+3/p+2. The molecule has 0 N–H and O–H groups in total. The molecule has 0 amide bonds. The molecule has 0 saturated heterocycles. The maximum atomic E-state index is 4.57. The Labute approximate surface area is 181 Å². The quantitative estimate of drug-likeness (QED) is 0.218. The average molecular weight is 520 g/mol. The van der Waals surface area contributed by atoms with Crippen LogP contribution >= 0.6 is 33.5 Å². The van der Waals surface area contributed by atoms with Gasteiger partial charge < -0.3 is 0 Å². The van der Waals surface area contributed by atoms with Gasteiger partial charge in [-0.1, -0.05) is 0 Å². The molecule has 5 heteroatoms. The molecule has 0 bridgehead atoms. The average Bonchev–Trinajstić information content (AvgIpc) is 2.57. The van der Waals surface area contributed by atoms with E-state index in [2.05, 4.69) is 81.8 Å². The zero-order valence-electron chi connectivity index (χ0n) is 17.9. The predicted octanol–water partition coefficient (Wildman–Crippen LogP) is 6.91. The molecule has 0 aliphatic carbocycles. The Kier molecular flexibility index (Phi) is 28.5. The molecule has 2 aromatic rings. The molecule has 0 saturated carbocycles. The second kappa shape index (κ2) is 23.7. The summed E-state index contributed by atoms with van der Waals surface area (Å²) < 4.78 is 0.